The van der Waals surface area contributed by atoms with Crippen LogP contribution in [0.4, 0.5) is 0 Å². The molecular formula is C25H50BrNO2. The third-order valence-electron chi connectivity index (χ3n) is 6.15. The first-order chi connectivity index (χ1) is 13.6. The van der Waals surface area contributed by atoms with Crippen LogP contribution in [0.25, 0.3) is 0 Å². The first kappa shape index (κ1) is 30.8. The molecule has 0 spiro atoms. The lowest BCUT2D eigenvalue weighted by Crippen LogP contribution is -3.00. The molecular weight excluding hydrogens is 426 g/mol. The van der Waals surface area contributed by atoms with E-state index in [4.69, 9.17) is 4.74 Å². The molecule has 0 radical (unpaired) electrons. The van der Waals surface area contributed by atoms with Crippen molar-refractivity contribution in [1.82, 2.24) is 0 Å². The topological polar surface area (TPSA) is 26.3 Å². The maximum atomic E-state index is 11.9. The SMILES string of the molecule is CCCCCCCCC=CCCCCCCCC(=O)OC[N+](CC)(CC)CC.[Br-]. The van der Waals surface area contributed by atoms with Gasteiger partial charge >= 0.3 is 5.97 Å². The normalized spacial score (nSPS) is 11.6. The van der Waals surface area contributed by atoms with Gasteiger partial charge in [-0.05, 0) is 52.9 Å². The quantitative estimate of drug-likeness (QED) is 0.0856. The van der Waals surface area contributed by atoms with Gasteiger partial charge in [0, 0.05) is 6.42 Å². The fraction of sp³-hybridized carbons (Fsp3) is 0.880. The van der Waals surface area contributed by atoms with Gasteiger partial charge in [0.05, 0.1) is 19.6 Å². The first-order valence-electron chi connectivity index (χ1n) is 12.3. The van der Waals surface area contributed by atoms with Gasteiger partial charge in [-0.15, -0.1) is 0 Å². The van der Waals surface area contributed by atoms with Crippen LogP contribution in [-0.4, -0.2) is 36.8 Å². The zero-order chi connectivity index (χ0) is 20.9. The molecule has 0 rings (SSSR count). The molecule has 0 saturated heterocycles. The van der Waals surface area contributed by atoms with E-state index in [0.717, 1.165) is 37.0 Å². The molecule has 0 unspecified atom stereocenters. The highest BCUT2D eigenvalue weighted by molar-refractivity contribution is 5.69. The van der Waals surface area contributed by atoms with Crippen LogP contribution in [0.3, 0.4) is 0 Å². The summed E-state index contributed by atoms with van der Waals surface area (Å²) in [5.41, 5.74) is 0. The minimum atomic E-state index is -0.0181. The van der Waals surface area contributed by atoms with Crippen LogP contribution in [0, 0.1) is 0 Å². The smallest absolute Gasteiger partial charge is 0.310 e. The Bertz CT molecular complexity index is 373. The molecule has 0 amide bonds. The number of allylic oxidation sites excluding steroid dienone is 2. The van der Waals surface area contributed by atoms with Gasteiger partial charge in [0.1, 0.15) is 0 Å². The summed E-state index contributed by atoms with van der Waals surface area (Å²) in [7, 11) is 0. The summed E-state index contributed by atoms with van der Waals surface area (Å²) in [6.07, 6.45) is 22.0. The van der Waals surface area contributed by atoms with Gasteiger partial charge in [0.15, 0.2) is 0 Å². The van der Waals surface area contributed by atoms with E-state index >= 15 is 0 Å². The molecule has 0 atom stereocenters. The summed E-state index contributed by atoms with van der Waals surface area (Å²) >= 11 is 0. The Morgan fingerprint density at radius 2 is 1.14 bits per heavy atom. The first-order valence-corrected chi connectivity index (χ1v) is 12.3. The highest BCUT2D eigenvalue weighted by atomic mass is 79.9. The number of ether oxygens (including phenoxy) is 1. The number of rotatable bonds is 20. The zero-order valence-corrected chi connectivity index (χ0v) is 21.6. The van der Waals surface area contributed by atoms with Crippen molar-refractivity contribution in [2.45, 2.75) is 118 Å². The molecule has 0 N–H and O–H groups in total. The molecule has 4 heteroatoms. The Kier molecular flexibility index (Phi) is 23.8. The molecule has 0 fully saturated rings. The second-order valence-corrected chi connectivity index (χ2v) is 8.27. The van der Waals surface area contributed by atoms with Crippen molar-refractivity contribution >= 4 is 5.97 Å². The van der Waals surface area contributed by atoms with E-state index in [0.29, 0.717) is 13.2 Å². The summed E-state index contributed by atoms with van der Waals surface area (Å²) in [5.74, 6) is -0.0181. The summed E-state index contributed by atoms with van der Waals surface area (Å²) in [6.45, 7) is 12.4. The highest BCUT2D eigenvalue weighted by Gasteiger charge is 2.22. The van der Waals surface area contributed by atoms with Crippen molar-refractivity contribution in [1.29, 1.82) is 0 Å². The third-order valence-corrected chi connectivity index (χ3v) is 6.15. The van der Waals surface area contributed by atoms with E-state index in [-0.39, 0.29) is 23.0 Å². The van der Waals surface area contributed by atoms with Crippen LogP contribution in [0.5, 0.6) is 0 Å². The number of hydrogen-bond donors (Lipinski definition) is 0. The van der Waals surface area contributed by atoms with Gasteiger partial charge in [-0.2, -0.15) is 0 Å². The van der Waals surface area contributed by atoms with Crippen LogP contribution < -0.4 is 17.0 Å². The van der Waals surface area contributed by atoms with E-state index in [9.17, 15) is 4.79 Å². The number of hydrogen-bond acceptors (Lipinski definition) is 2. The van der Waals surface area contributed by atoms with Gasteiger partial charge in [-0.3, -0.25) is 9.28 Å². The van der Waals surface area contributed by atoms with Crippen LogP contribution in [0.15, 0.2) is 12.2 Å². The van der Waals surface area contributed by atoms with E-state index in [1.54, 1.807) is 0 Å². The molecule has 0 aromatic carbocycles. The lowest BCUT2D eigenvalue weighted by atomic mass is 10.1. The third kappa shape index (κ3) is 18.2. The maximum absolute atomic E-state index is 11.9. The van der Waals surface area contributed by atoms with E-state index in [1.807, 2.05) is 0 Å². The number of nitrogens with zero attached hydrogens (tertiary/aromatic N) is 1. The Morgan fingerprint density at radius 3 is 1.62 bits per heavy atom. The van der Waals surface area contributed by atoms with Crippen LogP contribution in [0.1, 0.15) is 118 Å². The average molecular weight is 477 g/mol. The number of halogens is 1. The van der Waals surface area contributed by atoms with E-state index in [1.165, 1.54) is 70.6 Å². The minimum Gasteiger partial charge on any atom is -1.00 e. The van der Waals surface area contributed by atoms with Crippen LogP contribution in [-0.2, 0) is 9.53 Å². The standard InChI is InChI=1S/C25H50NO2.BrH/c1-5-9-10-11-12-13-14-15-16-17-18-19-20-21-22-23-25(27)28-24-26(6-2,7-3)8-4;/h15-16H,5-14,17-24H2,1-4H3;1H/q+1;/p-1. The van der Waals surface area contributed by atoms with Crippen LogP contribution in [0.2, 0.25) is 0 Å². The van der Waals surface area contributed by atoms with E-state index in [2.05, 4.69) is 39.8 Å². The average Bonchev–Trinajstić information content (AvgIpc) is 2.72. The lowest BCUT2D eigenvalue weighted by Gasteiger charge is -2.34. The van der Waals surface area contributed by atoms with Crippen molar-refractivity contribution in [2.75, 3.05) is 26.4 Å². The number of esters is 1. The van der Waals surface area contributed by atoms with Gasteiger partial charge < -0.3 is 21.7 Å². The molecule has 0 aliphatic heterocycles. The fourth-order valence-electron chi connectivity index (χ4n) is 3.57. The second kappa shape index (κ2) is 22.3. The molecule has 0 heterocycles. The van der Waals surface area contributed by atoms with Crippen molar-refractivity contribution in [3.8, 4) is 0 Å². The van der Waals surface area contributed by atoms with Crippen molar-refractivity contribution in [2.24, 2.45) is 0 Å². The summed E-state index contributed by atoms with van der Waals surface area (Å²) < 4.78 is 6.40. The van der Waals surface area contributed by atoms with Crippen molar-refractivity contribution in [3.63, 3.8) is 0 Å². The zero-order valence-electron chi connectivity index (χ0n) is 20.0. The predicted octanol–water partition coefficient (Wildman–Crippen LogP) is 4.41. The maximum Gasteiger partial charge on any atom is 0.310 e. The number of quaternary nitrogens is 1. The summed E-state index contributed by atoms with van der Waals surface area (Å²) in [6, 6.07) is 0. The predicted molar refractivity (Wildman–Crippen MR) is 122 cm³/mol. The molecule has 174 valence electrons. The number of carbonyl (C=O) groups excluding carboxylic acids is 1. The number of unbranched alkanes of at least 4 members (excludes halogenated alkanes) is 11. The molecule has 0 aromatic heterocycles. The Balaban J connectivity index is 0. The minimum absolute atomic E-state index is 0. The second-order valence-electron chi connectivity index (χ2n) is 8.27. The monoisotopic (exact) mass is 475 g/mol. The molecule has 0 bridgehead atoms. The van der Waals surface area contributed by atoms with Crippen molar-refractivity contribution < 1.29 is 31.0 Å². The van der Waals surface area contributed by atoms with E-state index < -0.39 is 0 Å². The van der Waals surface area contributed by atoms with Gasteiger partial charge in [-0.1, -0.05) is 70.4 Å². The Hall–Kier alpha value is -0.350. The fourth-order valence-corrected chi connectivity index (χ4v) is 3.57. The molecule has 0 aliphatic rings. The van der Waals surface area contributed by atoms with Gasteiger partial charge in [-0.25, -0.2) is 0 Å². The van der Waals surface area contributed by atoms with Gasteiger partial charge in [0.25, 0.3) is 0 Å². The molecule has 0 saturated carbocycles. The van der Waals surface area contributed by atoms with Crippen LogP contribution >= 0.6 is 0 Å². The van der Waals surface area contributed by atoms with Crippen molar-refractivity contribution in [3.05, 3.63) is 12.2 Å². The van der Waals surface area contributed by atoms with Gasteiger partial charge in [0.2, 0.25) is 6.73 Å². The number of carbonyl (C=O) groups is 1. The Morgan fingerprint density at radius 1 is 0.690 bits per heavy atom. The Labute approximate surface area is 193 Å². The molecule has 29 heavy (non-hydrogen) atoms. The highest BCUT2D eigenvalue weighted by Crippen LogP contribution is 2.11. The molecule has 0 aromatic rings. The molecule has 3 nitrogen and oxygen atoms in total. The summed E-state index contributed by atoms with van der Waals surface area (Å²) in [5, 5.41) is 0. The lowest BCUT2D eigenvalue weighted by molar-refractivity contribution is -0.938. The largest absolute Gasteiger partial charge is 1.00 e. The summed E-state index contributed by atoms with van der Waals surface area (Å²) in [4.78, 5) is 11.9. The molecule has 0 aliphatic carbocycles.